The fourth-order valence-corrected chi connectivity index (χ4v) is 3.93. The molecule has 1 aliphatic rings. The van der Waals surface area contributed by atoms with E-state index in [0.29, 0.717) is 16.1 Å². The second kappa shape index (κ2) is 10.2. The van der Waals surface area contributed by atoms with Crippen LogP contribution < -0.4 is 10.6 Å². The summed E-state index contributed by atoms with van der Waals surface area (Å²) in [7, 11) is 0. The van der Waals surface area contributed by atoms with Gasteiger partial charge in [0.05, 0.1) is 10.4 Å². The van der Waals surface area contributed by atoms with Crippen molar-refractivity contribution < 1.29 is 19.1 Å². The lowest BCUT2D eigenvalue weighted by atomic mass is 10.1. The summed E-state index contributed by atoms with van der Waals surface area (Å²) in [6, 6.07) is 10.1. The standard InChI is InChI=1S/C22H26N2O4S/c1-15(20(25)23-17-7-4-2-3-5-8-17)28-22(27)16-10-12-18(13-11-16)24-21(26)19-9-6-14-29-19/h6,9-15,17H,2-5,7-8H2,1H3,(H,23,25)(H,24,26)/t15-/m0/s1. The fraction of sp³-hybridized carbons (Fsp3) is 0.409. The van der Waals surface area contributed by atoms with Crippen LogP contribution in [0.3, 0.4) is 0 Å². The number of carbonyl (C=O) groups excluding carboxylic acids is 3. The molecule has 2 aromatic rings. The van der Waals surface area contributed by atoms with Crippen LogP contribution in [0.1, 0.15) is 65.5 Å². The first kappa shape index (κ1) is 21.0. The van der Waals surface area contributed by atoms with Crippen molar-refractivity contribution in [3.63, 3.8) is 0 Å². The molecule has 0 saturated heterocycles. The third kappa shape index (κ3) is 6.15. The predicted molar refractivity (Wildman–Crippen MR) is 113 cm³/mol. The van der Waals surface area contributed by atoms with E-state index in [1.165, 1.54) is 24.2 Å². The molecule has 0 radical (unpaired) electrons. The van der Waals surface area contributed by atoms with Crippen molar-refractivity contribution in [2.75, 3.05) is 5.32 Å². The smallest absolute Gasteiger partial charge is 0.338 e. The van der Waals surface area contributed by atoms with Crippen LogP contribution in [0.15, 0.2) is 41.8 Å². The molecule has 1 saturated carbocycles. The molecule has 1 aromatic carbocycles. The third-order valence-electron chi connectivity index (χ3n) is 4.98. The zero-order valence-corrected chi connectivity index (χ0v) is 17.3. The Morgan fingerprint density at radius 2 is 1.72 bits per heavy atom. The second-order valence-electron chi connectivity index (χ2n) is 7.25. The minimum absolute atomic E-state index is 0.164. The molecule has 6 nitrogen and oxygen atoms in total. The van der Waals surface area contributed by atoms with Crippen LogP contribution in [0.5, 0.6) is 0 Å². The number of hydrogen-bond acceptors (Lipinski definition) is 5. The molecule has 0 bridgehead atoms. The predicted octanol–water partition coefficient (Wildman–Crippen LogP) is 4.38. The van der Waals surface area contributed by atoms with Crippen LogP contribution >= 0.6 is 11.3 Å². The van der Waals surface area contributed by atoms with Gasteiger partial charge in [-0.3, -0.25) is 9.59 Å². The summed E-state index contributed by atoms with van der Waals surface area (Å²) in [5, 5.41) is 7.61. The summed E-state index contributed by atoms with van der Waals surface area (Å²) in [4.78, 5) is 37.4. The molecule has 154 valence electrons. The van der Waals surface area contributed by atoms with Gasteiger partial charge in [-0.2, -0.15) is 0 Å². The van der Waals surface area contributed by atoms with Crippen molar-refractivity contribution in [2.24, 2.45) is 0 Å². The van der Waals surface area contributed by atoms with Gasteiger partial charge >= 0.3 is 5.97 Å². The summed E-state index contributed by atoms with van der Waals surface area (Å²) >= 11 is 1.36. The SMILES string of the molecule is C[C@H](OC(=O)c1ccc(NC(=O)c2cccs2)cc1)C(=O)NC1CCCCCC1. The summed E-state index contributed by atoms with van der Waals surface area (Å²) in [6.45, 7) is 1.58. The van der Waals surface area contributed by atoms with Crippen molar-refractivity contribution in [1.29, 1.82) is 0 Å². The number of benzene rings is 1. The third-order valence-corrected chi connectivity index (χ3v) is 5.85. The highest BCUT2D eigenvalue weighted by Crippen LogP contribution is 2.18. The van der Waals surface area contributed by atoms with Gasteiger partial charge in [-0.25, -0.2) is 4.79 Å². The average Bonchev–Trinajstić information content (AvgIpc) is 3.14. The van der Waals surface area contributed by atoms with Crippen LogP contribution in [0.2, 0.25) is 0 Å². The molecule has 1 heterocycles. The van der Waals surface area contributed by atoms with Crippen LogP contribution in [-0.4, -0.2) is 29.9 Å². The largest absolute Gasteiger partial charge is 0.449 e. The molecule has 1 atom stereocenters. The van der Waals surface area contributed by atoms with Gasteiger partial charge in [-0.1, -0.05) is 31.7 Å². The Labute approximate surface area is 174 Å². The van der Waals surface area contributed by atoms with Gasteiger partial charge in [-0.15, -0.1) is 11.3 Å². The highest BCUT2D eigenvalue weighted by Gasteiger charge is 2.22. The first-order chi connectivity index (χ1) is 14.0. The van der Waals surface area contributed by atoms with E-state index in [2.05, 4.69) is 10.6 Å². The maximum Gasteiger partial charge on any atom is 0.338 e. The van der Waals surface area contributed by atoms with E-state index in [4.69, 9.17) is 4.74 Å². The average molecular weight is 415 g/mol. The van der Waals surface area contributed by atoms with E-state index in [1.807, 2.05) is 11.4 Å². The molecular formula is C22H26N2O4S. The highest BCUT2D eigenvalue weighted by atomic mass is 32.1. The molecule has 0 aliphatic heterocycles. The van der Waals surface area contributed by atoms with Crippen molar-refractivity contribution in [2.45, 2.75) is 57.6 Å². The number of ether oxygens (including phenoxy) is 1. The zero-order valence-electron chi connectivity index (χ0n) is 16.5. The molecule has 1 aliphatic carbocycles. The molecule has 2 amide bonds. The molecular weight excluding hydrogens is 388 g/mol. The Morgan fingerprint density at radius 1 is 1.03 bits per heavy atom. The van der Waals surface area contributed by atoms with E-state index in [9.17, 15) is 14.4 Å². The minimum Gasteiger partial charge on any atom is -0.449 e. The topological polar surface area (TPSA) is 84.5 Å². The number of anilines is 1. The number of hydrogen-bond donors (Lipinski definition) is 2. The second-order valence-corrected chi connectivity index (χ2v) is 8.20. The maximum atomic E-state index is 12.3. The molecule has 1 fully saturated rings. The van der Waals surface area contributed by atoms with Crippen molar-refractivity contribution in [1.82, 2.24) is 5.32 Å². The monoisotopic (exact) mass is 414 g/mol. The summed E-state index contributed by atoms with van der Waals surface area (Å²) in [6.07, 6.45) is 5.75. The van der Waals surface area contributed by atoms with E-state index in [-0.39, 0.29) is 17.9 Å². The molecule has 1 aromatic heterocycles. The molecule has 29 heavy (non-hydrogen) atoms. The lowest BCUT2D eigenvalue weighted by Crippen LogP contribution is -2.41. The van der Waals surface area contributed by atoms with Crippen LogP contribution in [0, 0.1) is 0 Å². The van der Waals surface area contributed by atoms with Gasteiger partial charge in [0.15, 0.2) is 6.10 Å². The zero-order chi connectivity index (χ0) is 20.6. The Balaban J connectivity index is 1.50. The highest BCUT2D eigenvalue weighted by molar-refractivity contribution is 7.12. The number of nitrogens with one attached hydrogen (secondary N) is 2. The number of esters is 1. The van der Waals surface area contributed by atoms with Crippen LogP contribution in [0.25, 0.3) is 0 Å². The van der Waals surface area contributed by atoms with Crippen molar-refractivity contribution in [3.8, 4) is 0 Å². The van der Waals surface area contributed by atoms with E-state index >= 15 is 0 Å². The summed E-state index contributed by atoms with van der Waals surface area (Å²) in [5.74, 6) is -1.02. The molecule has 0 unspecified atom stereocenters. The van der Waals surface area contributed by atoms with Crippen molar-refractivity contribution in [3.05, 3.63) is 52.2 Å². The van der Waals surface area contributed by atoms with Gasteiger partial charge in [0.25, 0.3) is 11.8 Å². The molecule has 2 N–H and O–H groups in total. The number of carbonyl (C=O) groups is 3. The van der Waals surface area contributed by atoms with Gasteiger partial charge in [0, 0.05) is 11.7 Å². The fourth-order valence-electron chi connectivity index (χ4n) is 3.31. The van der Waals surface area contributed by atoms with E-state index < -0.39 is 12.1 Å². The minimum atomic E-state index is -0.857. The van der Waals surface area contributed by atoms with E-state index in [1.54, 1.807) is 37.3 Å². The quantitative estimate of drug-likeness (QED) is 0.542. The first-order valence-electron chi connectivity index (χ1n) is 9.99. The van der Waals surface area contributed by atoms with Crippen LogP contribution in [0.4, 0.5) is 5.69 Å². The Morgan fingerprint density at radius 3 is 2.34 bits per heavy atom. The Hall–Kier alpha value is -2.67. The van der Waals surface area contributed by atoms with Gasteiger partial charge < -0.3 is 15.4 Å². The maximum absolute atomic E-state index is 12.3. The lowest BCUT2D eigenvalue weighted by Gasteiger charge is -2.19. The Bertz CT molecular complexity index is 825. The van der Waals surface area contributed by atoms with Gasteiger partial charge in [-0.05, 0) is 55.5 Å². The lowest BCUT2D eigenvalue weighted by molar-refractivity contribution is -0.129. The summed E-state index contributed by atoms with van der Waals surface area (Å²) < 4.78 is 5.31. The Kier molecular flexibility index (Phi) is 7.41. The normalized spacial score (nSPS) is 15.8. The van der Waals surface area contributed by atoms with Gasteiger partial charge in [0.1, 0.15) is 0 Å². The van der Waals surface area contributed by atoms with Crippen molar-refractivity contribution >= 4 is 34.8 Å². The molecule has 3 rings (SSSR count). The molecule has 0 spiro atoms. The number of thiophene rings is 1. The van der Waals surface area contributed by atoms with E-state index in [0.717, 1.165) is 25.7 Å². The molecule has 7 heteroatoms. The number of rotatable bonds is 6. The summed E-state index contributed by atoms with van der Waals surface area (Å²) in [5.41, 5.74) is 0.910. The number of amides is 2. The first-order valence-corrected chi connectivity index (χ1v) is 10.9. The van der Waals surface area contributed by atoms with Crippen LogP contribution in [-0.2, 0) is 9.53 Å². The van der Waals surface area contributed by atoms with Gasteiger partial charge in [0.2, 0.25) is 0 Å².